The number of carbonyl (C=O) groups is 1. The van der Waals surface area contributed by atoms with Crippen molar-refractivity contribution in [2.75, 3.05) is 25.3 Å². The number of hydrogen-bond acceptors (Lipinski definition) is 6. The fourth-order valence-corrected chi connectivity index (χ4v) is 2.31. The predicted octanol–water partition coefficient (Wildman–Crippen LogP) is 2.62. The second-order valence-corrected chi connectivity index (χ2v) is 5.60. The van der Waals surface area contributed by atoms with Gasteiger partial charge in [0.05, 0.1) is 11.9 Å². The standard InChI is InChI=1S/C15H19F3N6O2S/c1-10(22-14(27-5)23(4)21-9-19-3)24(11(2)25)12-6-7-13(20-8-12)26-15(16,17)18/h6-9H,1H2,2-5H3,(H,19,21)/b22-14+. The lowest BCUT2D eigenvalue weighted by Crippen LogP contribution is -2.28. The molecule has 1 amide bonds. The zero-order valence-electron chi connectivity index (χ0n) is 15.1. The molecule has 1 aromatic heterocycles. The van der Waals surface area contributed by atoms with E-state index in [-0.39, 0.29) is 11.5 Å². The van der Waals surface area contributed by atoms with Crippen LogP contribution in [0.4, 0.5) is 18.9 Å². The van der Waals surface area contributed by atoms with Gasteiger partial charge in [0.15, 0.2) is 5.17 Å². The number of nitrogens with zero attached hydrogens (tertiary/aromatic N) is 5. The highest BCUT2D eigenvalue weighted by Gasteiger charge is 2.31. The third kappa shape index (κ3) is 7.17. The fraction of sp³-hybridized carbons (Fsp3) is 0.333. The van der Waals surface area contributed by atoms with E-state index in [1.165, 1.54) is 36.1 Å². The molecule has 1 N–H and O–H groups in total. The number of hydrogen-bond donors (Lipinski definition) is 1. The van der Waals surface area contributed by atoms with Crippen LogP contribution in [0.15, 0.2) is 40.8 Å². The minimum Gasteiger partial charge on any atom is -0.388 e. The molecule has 0 saturated carbocycles. The largest absolute Gasteiger partial charge is 0.574 e. The van der Waals surface area contributed by atoms with Crippen LogP contribution in [0.2, 0.25) is 0 Å². The number of alkyl halides is 3. The first-order chi connectivity index (χ1) is 12.6. The van der Waals surface area contributed by atoms with Crippen LogP contribution in [-0.2, 0) is 4.79 Å². The van der Waals surface area contributed by atoms with Gasteiger partial charge >= 0.3 is 6.36 Å². The Labute approximate surface area is 158 Å². The van der Waals surface area contributed by atoms with Crippen molar-refractivity contribution in [3.8, 4) is 5.88 Å². The van der Waals surface area contributed by atoms with Gasteiger partial charge in [0.1, 0.15) is 12.2 Å². The lowest BCUT2D eigenvalue weighted by molar-refractivity contribution is -0.276. The molecular weight excluding hydrogens is 385 g/mol. The number of hydrazone groups is 1. The summed E-state index contributed by atoms with van der Waals surface area (Å²) in [6, 6.07) is 2.24. The molecule has 0 atom stereocenters. The maximum absolute atomic E-state index is 12.2. The highest BCUT2D eigenvalue weighted by Crippen LogP contribution is 2.25. The van der Waals surface area contributed by atoms with Gasteiger partial charge in [-0.3, -0.25) is 9.69 Å². The molecule has 1 heterocycles. The van der Waals surface area contributed by atoms with Crippen molar-refractivity contribution in [3.05, 3.63) is 30.7 Å². The van der Waals surface area contributed by atoms with Gasteiger partial charge in [-0.2, -0.15) is 5.10 Å². The summed E-state index contributed by atoms with van der Waals surface area (Å²) in [6.45, 7) is 5.02. The van der Waals surface area contributed by atoms with Gasteiger partial charge in [-0.1, -0.05) is 18.3 Å². The van der Waals surface area contributed by atoms with Gasteiger partial charge in [0.25, 0.3) is 0 Å². The number of amides is 1. The molecule has 0 unspecified atom stereocenters. The van der Waals surface area contributed by atoms with E-state index >= 15 is 0 Å². The first-order valence-corrected chi connectivity index (χ1v) is 8.59. The summed E-state index contributed by atoms with van der Waals surface area (Å²) in [5, 5.41) is 8.68. The Hall–Kier alpha value is -2.76. The molecule has 0 radical (unpaired) electrons. The van der Waals surface area contributed by atoms with E-state index in [4.69, 9.17) is 0 Å². The quantitative estimate of drug-likeness (QED) is 0.446. The lowest BCUT2D eigenvalue weighted by Gasteiger charge is -2.22. The maximum Gasteiger partial charge on any atom is 0.574 e. The number of anilines is 1. The molecule has 8 nitrogen and oxygen atoms in total. The highest BCUT2D eigenvalue weighted by atomic mass is 32.2. The first-order valence-electron chi connectivity index (χ1n) is 7.36. The highest BCUT2D eigenvalue weighted by molar-refractivity contribution is 8.13. The molecule has 1 aromatic rings. The average Bonchev–Trinajstić information content (AvgIpc) is 2.57. The van der Waals surface area contributed by atoms with Crippen LogP contribution in [0.3, 0.4) is 0 Å². The lowest BCUT2D eigenvalue weighted by atomic mass is 10.3. The van der Waals surface area contributed by atoms with Crippen LogP contribution in [0.25, 0.3) is 0 Å². The second-order valence-electron chi connectivity index (χ2n) is 4.83. The van der Waals surface area contributed by atoms with E-state index in [1.54, 1.807) is 20.4 Å². The molecule has 0 spiro atoms. The zero-order chi connectivity index (χ0) is 20.6. The Morgan fingerprint density at radius 3 is 2.56 bits per heavy atom. The van der Waals surface area contributed by atoms with Gasteiger partial charge in [0.2, 0.25) is 11.8 Å². The van der Waals surface area contributed by atoms with Crippen LogP contribution in [-0.4, -0.2) is 54.1 Å². The third-order valence-electron chi connectivity index (χ3n) is 2.82. The normalized spacial score (nSPS) is 12.0. The monoisotopic (exact) mass is 404 g/mol. The number of aromatic nitrogens is 1. The van der Waals surface area contributed by atoms with E-state index in [1.807, 2.05) is 0 Å². The minimum atomic E-state index is -4.85. The van der Waals surface area contributed by atoms with Gasteiger partial charge in [-0.05, 0) is 12.3 Å². The van der Waals surface area contributed by atoms with Crippen molar-refractivity contribution in [1.82, 2.24) is 15.3 Å². The molecule has 0 bridgehead atoms. The molecule has 0 saturated heterocycles. The van der Waals surface area contributed by atoms with Crippen LogP contribution in [0.5, 0.6) is 5.88 Å². The van der Waals surface area contributed by atoms with Gasteiger partial charge in [0, 0.05) is 27.1 Å². The van der Waals surface area contributed by atoms with E-state index < -0.39 is 18.1 Å². The summed E-state index contributed by atoms with van der Waals surface area (Å²) in [6.07, 6.45) is -0.583. The molecule has 0 aliphatic rings. The maximum atomic E-state index is 12.2. The number of ether oxygens (including phenoxy) is 1. The number of aliphatic imine (C=N–C) groups is 1. The van der Waals surface area contributed by atoms with Crippen LogP contribution in [0.1, 0.15) is 6.92 Å². The molecule has 12 heteroatoms. The number of pyridine rings is 1. The Bertz CT molecular complexity index is 721. The summed E-state index contributed by atoms with van der Waals surface area (Å²) >= 11 is 1.26. The van der Waals surface area contributed by atoms with Crippen LogP contribution >= 0.6 is 11.8 Å². The van der Waals surface area contributed by atoms with Gasteiger partial charge in [-0.25, -0.2) is 15.0 Å². The van der Waals surface area contributed by atoms with Crippen molar-refractivity contribution >= 4 is 34.9 Å². The van der Waals surface area contributed by atoms with E-state index in [2.05, 4.69) is 31.7 Å². The van der Waals surface area contributed by atoms with Gasteiger partial charge in [-0.15, -0.1) is 13.2 Å². The second kappa shape index (κ2) is 9.80. The summed E-state index contributed by atoms with van der Waals surface area (Å²) in [4.78, 5) is 20.9. The van der Waals surface area contributed by atoms with E-state index in [0.29, 0.717) is 5.17 Å². The number of halogens is 3. The zero-order valence-corrected chi connectivity index (χ0v) is 15.9. The molecule has 0 aliphatic heterocycles. The minimum absolute atomic E-state index is 0.0460. The van der Waals surface area contributed by atoms with Crippen LogP contribution in [0, 0.1) is 0 Å². The molecule has 0 fully saturated rings. The average molecular weight is 404 g/mol. The first kappa shape index (κ1) is 22.3. The molecule has 0 aromatic carbocycles. The van der Waals surface area contributed by atoms with E-state index in [9.17, 15) is 18.0 Å². The molecule has 148 valence electrons. The number of carbonyl (C=O) groups excluding carboxylic acids is 1. The SMILES string of the molecule is C=C(/N=C(/SC)N(C)/N=C\NC)N(C(C)=O)c1ccc(OC(F)(F)F)nc1. The van der Waals surface area contributed by atoms with Gasteiger partial charge < -0.3 is 10.1 Å². The number of nitrogens with one attached hydrogen (secondary N) is 1. The van der Waals surface area contributed by atoms with Crippen molar-refractivity contribution in [1.29, 1.82) is 0 Å². The topological polar surface area (TPSA) is 82.4 Å². The third-order valence-corrected chi connectivity index (χ3v) is 3.54. The summed E-state index contributed by atoms with van der Waals surface area (Å²) < 4.78 is 40.4. The molecule has 0 aliphatic carbocycles. The van der Waals surface area contributed by atoms with Crippen molar-refractivity contribution in [2.24, 2.45) is 10.1 Å². The summed E-state index contributed by atoms with van der Waals surface area (Å²) in [5.74, 6) is -1.05. The molecule has 1 rings (SSSR count). The predicted molar refractivity (Wildman–Crippen MR) is 99.5 cm³/mol. The van der Waals surface area contributed by atoms with Crippen LogP contribution < -0.4 is 15.0 Å². The number of thioether (sulfide) groups is 1. The smallest absolute Gasteiger partial charge is 0.388 e. The Kier molecular flexibility index (Phi) is 8.09. The number of amidine groups is 1. The Morgan fingerprint density at radius 2 is 2.11 bits per heavy atom. The number of rotatable bonds is 6. The Morgan fingerprint density at radius 1 is 1.44 bits per heavy atom. The molecular formula is C15H19F3N6O2S. The van der Waals surface area contributed by atoms with Crippen molar-refractivity contribution in [2.45, 2.75) is 13.3 Å². The van der Waals surface area contributed by atoms with Crippen molar-refractivity contribution < 1.29 is 22.7 Å². The molecule has 27 heavy (non-hydrogen) atoms. The van der Waals surface area contributed by atoms with E-state index in [0.717, 1.165) is 17.2 Å². The fourth-order valence-electron chi connectivity index (χ4n) is 1.80. The summed E-state index contributed by atoms with van der Waals surface area (Å²) in [7, 11) is 3.34. The summed E-state index contributed by atoms with van der Waals surface area (Å²) in [5.41, 5.74) is 0.188. The van der Waals surface area contributed by atoms with Crippen molar-refractivity contribution in [3.63, 3.8) is 0 Å². The Balaban J connectivity index is 3.10.